The van der Waals surface area contributed by atoms with Crippen molar-refractivity contribution in [3.63, 3.8) is 0 Å². The summed E-state index contributed by atoms with van der Waals surface area (Å²) >= 11 is 0. The quantitative estimate of drug-likeness (QED) is 0.368. The highest BCUT2D eigenvalue weighted by molar-refractivity contribution is 5.86. The first-order valence-electron chi connectivity index (χ1n) is 5.07. The van der Waals surface area contributed by atoms with Gasteiger partial charge >= 0.3 is 0 Å². The molecule has 2 aromatic rings. The van der Waals surface area contributed by atoms with E-state index in [1.165, 1.54) is 12.1 Å². The van der Waals surface area contributed by atoms with Crippen LogP contribution >= 0.6 is 0 Å². The van der Waals surface area contributed by atoms with Gasteiger partial charge in [0.05, 0.1) is 0 Å². The molecule has 0 aliphatic carbocycles. The van der Waals surface area contributed by atoms with Crippen LogP contribution in [-0.4, -0.2) is 15.6 Å². The minimum absolute atomic E-state index is 0.00630. The molecule has 1 heterocycles. The molecule has 0 spiro atoms. The van der Waals surface area contributed by atoms with E-state index in [2.05, 4.69) is 5.16 Å². The van der Waals surface area contributed by atoms with Gasteiger partial charge in [0.2, 0.25) is 0 Å². The molecular weight excluding hydrogens is 221 g/mol. The summed E-state index contributed by atoms with van der Waals surface area (Å²) in [6.07, 6.45) is 3.54. The average molecular weight is 233 g/mol. The summed E-state index contributed by atoms with van der Waals surface area (Å²) in [5.41, 5.74) is 6.27. The molecule has 0 fully saturated rings. The third kappa shape index (κ3) is 2.28. The fraction of sp³-hybridized carbons (Fsp3) is 0.0833. The Labute approximate surface area is 97.8 Å². The van der Waals surface area contributed by atoms with E-state index in [4.69, 9.17) is 10.9 Å². The van der Waals surface area contributed by atoms with Crippen molar-refractivity contribution in [2.24, 2.45) is 10.9 Å². The number of aromatic nitrogens is 1. The van der Waals surface area contributed by atoms with Gasteiger partial charge in [0.15, 0.2) is 5.84 Å². The maximum atomic E-state index is 13.2. The Kier molecular flexibility index (Phi) is 3.09. The molecule has 1 unspecified atom stereocenters. The highest BCUT2D eigenvalue weighted by Gasteiger charge is 2.18. The van der Waals surface area contributed by atoms with Crippen LogP contribution < -0.4 is 5.73 Å². The molecular formula is C12H12FN3O. The van der Waals surface area contributed by atoms with Gasteiger partial charge in [-0.1, -0.05) is 17.3 Å². The SMILES string of the molecule is N/C(=N\O)C(c1cccc(F)c1)n1cccc1. The van der Waals surface area contributed by atoms with Crippen molar-refractivity contribution in [1.29, 1.82) is 0 Å². The number of hydrogen-bond donors (Lipinski definition) is 2. The van der Waals surface area contributed by atoms with Gasteiger partial charge in [0.1, 0.15) is 11.9 Å². The van der Waals surface area contributed by atoms with E-state index in [1.807, 2.05) is 12.1 Å². The Hall–Kier alpha value is -2.30. The molecule has 88 valence electrons. The number of benzene rings is 1. The monoisotopic (exact) mass is 233 g/mol. The van der Waals surface area contributed by atoms with Gasteiger partial charge in [-0.25, -0.2) is 4.39 Å². The number of nitrogens with zero attached hydrogens (tertiary/aromatic N) is 2. The first-order valence-corrected chi connectivity index (χ1v) is 5.07. The van der Waals surface area contributed by atoms with Crippen molar-refractivity contribution in [2.75, 3.05) is 0 Å². The maximum absolute atomic E-state index is 13.2. The third-order valence-electron chi connectivity index (χ3n) is 2.49. The lowest BCUT2D eigenvalue weighted by molar-refractivity contribution is 0.315. The standard InChI is InChI=1S/C12H12FN3O/c13-10-5-3-4-9(8-10)11(12(14)15-17)16-6-1-2-7-16/h1-8,11,17H,(H2,14,15). The van der Waals surface area contributed by atoms with Crippen molar-refractivity contribution >= 4 is 5.84 Å². The summed E-state index contributed by atoms with van der Waals surface area (Å²) in [4.78, 5) is 0. The second kappa shape index (κ2) is 4.69. The Morgan fingerprint density at radius 1 is 1.29 bits per heavy atom. The molecule has 2 rings (SSSR count). The lowest BCUT2D eigenvalue weighted by Gasteiger charge is -2.17. The fourth-order valence-electron chi connectivity index (χ4n) is 1.75. The average Bonchev–Trinajstić information content (AvgIpc) is 2.83. The van der Waals surface area contributed by atoms with Crippen LogP contribution in [0.3, 0.4) is 0 Å². The lowest BCUT2D eigenvalue weighted by atomic mass is 10.1. The van der Waals surface area contributed by atoms with Crippen LogP contribution in [0, 0.1) is 5.82 Å². The van der Waals surface area contributed by atoms with E-state index in [0.717, 1.165) is 0 Å². The number of hydrogen-bond acceptors (Lipinski definition) is 2. The zero-order valence-electron chi connectivity index (χ0n) is 8.99. The van der Waals surface area contributed by atoms with Crippen LogP contribution in [0.15, 0.2) is 53.9 Å². The molecule has 1 atom stereocenters. The molecule has 4 nitrogen and oxygen atoms in total. The van der Waals surface area contributed by atoms with Gasteiger partial charge in [0.25, 0.3) is 0 Å². The molecule has 17 heavy (non-hydrogen) atoms. The molecule has 5 heteroatoms. The number of nitrogens with two attached hydrogens (primary N) is 1. The topological polar surface area (TPSA) is 63.5 Å². The van der Waals surface area contributed by atoms with Crippen molar-refractivity contribution < 1.29 is 9.60 Å². The van der Waals surface area contributed by atoms with Gasteiger partial charge in [-0.15, -0.1) is 0 Å². The van der Waals surface area contributed by atoms with Gasteiger partial charge in [-0.2, -0.15) is 0 Å². The minimum atomic E-state index is -0.509. The first kappa shape index (κ1) is 11.2. The van der Waals surface area contributed by atoms with Crippen LogP contribution in [-0.2, 0) is 0 Å². The Bertz CT molecular complexity index is 522. The second-order valence-electron chi connectivity index (χ2n) is 3.61. The summed E-state index contributed by atoms with van der Waals surface area (Å²) < 4.78 is 14.9. The number of oxime groups is 1. The number of rotatable bonds is 3. The van der Waals surface area contributed by atoms with E-state index >= 15 is 0 Å². The largest absolute Gasteiger partial charge is 0.409 e. The number of amidine groups is 1. The van der Waals surface area contributed by atoms with Crippen LogP contribution in [0.2, 0.25) is 0 Å². The molecule has 0 saturated carbocycles. The zero-order chi connectivity index (χ0) is 12.3. The molecule has 1 aromatic heterocycles. The normalized spacial score (nSPS) is 13.6. The van der Waals surface area contributed by atoms with E-state index in [9.17, 15) is 4.39 Å². The van der Waals surface area contributed by atoms with E-state index in [-0.39, 0.29) is 11.7 Å². The maximum Gasteiger partial charge on any atom is 0.166 e. The molecule has 0 radical (unpaired) electrons. The first-order chi connectivity index (χ1) is 8.22. The highest BCUT2D eigenvalue weighted by atomic mass is 19.1. The molecule has 3 N–H and O–H groups in total. The summed E-state index contributed by atoms with van der Waals surface area (Å²) in [6, 6.07) is 9.15. The minimum Gasteiger partial charge on any atom is -0.409 e. The summed E-state index contributed by atoms with van der Waals surface area (Å²) in [6.45, 7) is 0. The predicted octanol–water partition coefficient (Wildman–Crippen LogP) is 1.96. The molecule has 0 bridgehead atoms. The van der Waals surface area contributed by atoms with Crippen molar-refractivity contribution in [3.05, 3.63) is 60.2 Å². The smallest absolute Gasteiger partial charge is 0.166 e. The summed E-state index contributed by atoms with van der Waals surface area (Å²) in [5.74, 6) is -0.350. The zero-order valence-corrected chi connectivity index (χ0v) is 8.99. The van der Waals surface area contributed by atoms with Crippen molar-refractivity contribution in [3.8, 4) is 0 Å². The fourth-order valence-corrected chi connectivity index (χ4v) is 1.75. The van der Waals surface area contributed by atoms with Crippen molar-refractivity contribution in [2.45, 2.75) is 6.04 Å². The molecule has 0 amide bonds. The van der Waals surface area contributed by atoms with Gasteiger partial charge in [-0.3, -0.25) is 0 Å². The molecule has 1 aromatic carbocycles. The van der Waals surface area contributed by atoms with Crippen LogP contribution in [0.1, 0.15) is 11.6 Å². The van der Waals surface area contributed by atoms with Gasteiger partial charge < -0.3 is 15.5 Å². The van der Waals surface area contributed by atoms with Crippen LogP contribution in [0.4, 0.5) is 4.39 Å². The van der Waals surface area contributed by atoms with Crippen LogP contribution in [0.25, 0.3) is 0 Å². The summed E-state index contributed by atoms with van der Waals surface area (Å²) in [7, 11) is 0. The molecule has 0 aliphatic rings. The lowest BCUT2D eigenvalue weighted by Crippen LogP contribution is -2.27. The van der Waals surface area contributed by atoms with E-state index < -0.39 is 6.04 Å². The molecule has 0 saturated heterocycles. The van der Waals surface area contributed by atoms with Gasteiger partial charge in [-0.05, 0) is 29.8 Å². The number of halogens is 1. The second-order valence-corrected chi connectivity index (χ2v) is 3.61. The Morgan fingerprint density at radius 2 is 2.00 bits per heavy atom. The van der Waals surface area contributed by atoms with E-state index in [1.54, 1.807) is 29.1 Å². The summed E-state index contributed by atoms with van der Waals surface area (Å²) in [5, 5.41) is 11.8. The Balaban J connectivity index is 2.48. The molecule has 0 aliphatic heterocycles. The van der Waals surface area contributed by atoms with Crippen LogP contribution in [0.5, 0.6) is 0 Å². The highest BCUT2D eigenvalue weighted by Crippen LogP contribution is 2.19. The van der Waals surface area contributed by atoms with Crippen molar-refractivity contribution in [1.82, 2.24) is 4.57 Å². The van der Waals surface area contributed by atoms with E-state index in [0.29, 0.717) is 5.56 Å². The third-order valence-corrected chi connectivity index (χ3v) is 2.49. The predicted molar refractivity (Wildman–Crippen MR) is 62.4 cm³/mol. The van der Waals surface area contributed by atoms with Gasteiger partial charge in [0, 0.05) is 12.4 Å². The Morgan fingerprint density at radius 3 is 2.59 bits per heavy atom.